The Labute approximate surface area is 148 Å². The highest BCUT2D eigenvalue weighted by Gasteiger charge is 1.96. The molecule has 0 saturated heterocycles. The lowest BCUT2D eigenvalue weighted by atomic mass is 10.1. The van der Waals surface area contributed by atoms with Gasteiger partial charge in [-0.3, -0.25) is 0 Å². The van der Waals surface area contributed by atoms with Crippen LogP contribution in [-0.2, 0) is 0 Å². The van der Waals surface area contributed by atoms with Crippen LogP contribution in [-0.4, -0.2) is 4.98 Å². The highest BCUT2D eigenvalue weighted by Crippen LogP contribution is 2.18. The second kappa shape index (κ2) is 9.02. The number of para-hydroxylation sites is 2. The third-order valence-electron chi connectivity index (χ3n) is 2.43. The van der Waals surface area contributed by atoms with E-state index in [9.17, 15) is 0 Å². The lowest BCUT2D eigenvalue weighted by molar-refractivity contribution is 1.50. The Bertz CT molecular complexity index is 508. The van der Waals surface area contributed by atoms with Crippen LogP contribution < -0.4 is 0 Å². The van der Waals surface area contributed by atoms with Gasteiger partial charge in [-0.25, -0.2) is 4.98 Å². The maximum atomic E-state index is 4.58. The average Bonchev–Trinajstić information content (AvgIpc) is 2.26. The molecular formula is C13H13Br4N. The fourth-order valence-corrected chi connectivity index (χ4v) is 1.72. The zero-order chi connectivity index (χ0) is 9.38. The molecule has 0 saturated carbocycles. The van der Waals surface area contributed by atoms with Crippen molar-refractivity contribution in [3.8, 4) is 0 Å². The summed E-state index contributed by atoms with van der Waals surface area (Å²) in [6.07, 6.45) is 0. The molecule has 0 unspecified atom stereocenters. The van der Waals surface area contributed by atoms with E-state index >= 15 is 0 Å². The van der Waals surface area contributed by atoms with Crippen LogP contribution >= 0.6 is 67.9 Å². The van der Waals surface area contributed by atoms with E-state index in [4.69, 9.17) is 0 Å². The first kappa shape index (κ1) is 20.3. The molecule has 0 spiro atoms. The molecule has 0 aliphatic rings. The molecule has 0 radical (unpaired) electrons. The summed E-state index contributed by atoms with van der Waals surface area (Å²) in [5, 5.41) is 2.40. The number of rotatable bonds is 0. The van der Waals surface area contributed by atoms with Gasteiger partial charge in [0.2, 0.25) is 0 Å². The minimum Gasteiger partial charge on any atom is -0.248 e. The fraction of sp³-hybridized carbons (Fsp3) is 0. The lowest BCUT2D eigenvalue weighted by Gasteiger charge is -1.99. The molecule has 2 aromatic carbocycles. The second-order valence-corrected chi connectivity index (χ2v) is 3.37. The summed E-state index contributed by atoms with van der Waals surface area (Å²) in [6, 6.07) is 18.6. The van der Waals surface area contributed by atoms with Crippen molar-refractivity contribution < 1.29 is 0 Å². The molecule has 1 aromatic heterocycles. The van der Waals surface area contributed by atoms with E-state index in [0.29, 0.717) is 0 Å². The number of benzene rings is 2. The molecule has 0 N–H and O–H groups in total. The summed E-state index contributed by atoms with van der Waals surface area (Å²) in [4.78, 5) is 4.58. The van der Waals surface area contributed by atoms with Crippen LogP contribution in [0.3, 0.4) is 0 Å². The highest BCUT2D eigenvalue weighted by molar-refractivity contribution is 8.93. The summed E-state index contributed by atoms with van der Waals surface area (Å²) in [7, 11) is 0. The predicted molar refractivity (Wildman–Crippen MR) is 101 cm³/mol. The number of nitrogens with zero attached hydrogens (tertiary/aromatic N) is 1. The summed E-state index contributed by atoms with van der Waals surface area (Å²) in [6.45, 7) is 0. The van der Waals surface area contributed by atoms with E-state index in [2.05, 4.69) is 23.2 Å². The van der Waals surface area contributed by atoms with Crippen molar-refractivity contribution in [1.82, 2.24) is 4.98 Å². The van der Waals surface area contributed by atoms with Gasteiger partial charge in [0.25, 0.3) is 0 Å². The first-order valence-electron chi connectivity index (χ1n) is 4.68. The van der Waals surface area contributed by atoms with Gasteiger partial charge in [-0.2, -0.15) is 0 Å². The lowest BCUT2D eigenvalue weighted by Crippen LogP contribution is -1.80. The molecule has 3 aromatic rings. The maximum Gasteiger partial charge on any atom is 0.0709 e. The highest BCUT2D eigenvalue weighted by atomic mass is 79.9. The smallest absolute Gasteiger partial charge is 0.0709 e. The fourth-order valence-electron chi connectivity index (χ4n) is 1.72. The van der Waals surface area contributed by atoms with Gasteiger partial charge in [0.15, 0.2) is 0 Å². The molecule has 0 bridgehead atoms. The summed E-state index contributed by atoms with van der Waals surface area (Å²) < 4.78 is 0. The normalized spacial score (nSPS) is 8.44. The van der Waals surface area contributed by atoms with Crippen LogP contribution in [0.1, 0.15) is 0 Å². The van der Waals surface area contributed by atoms with E-state index in [-0.39, 0.29) is 67.9 Å². The van der Waals surface area contributed by atoms with Gasteiger partial charge in [-0.05, 0) is 18.2 Å². The molecule has 98 valence electrons. The van der Waals surface area contributed by atoms with Crippen molar-refractivity contribution in [2.45, 2.75) is 0 Å². The van der Waals surface area contributed by atoms with Gasteiger partial charge < -0.3 is 0 Å². The quantitative estimate of drug-likeness (QED) is 0.359. The van der Waals surface area contributed by atoms with Gasteiger partial charge in [-0.1, -0.05) is 36.4 Å². The molecule has 0 amide bonds. The molecule has 5 heteroatoms. The standard InChI is InChI=1S/C13H9N.4BrH/c1-3-7-12-10(5-1)9-11-6-2-4-8-13(11)14-12;;;;/h1-9H;4*1H. The monoisotopic (exact) mass is 499 g/mol. The number of fused-ring (bicyclic) bond motifs is 2. The summed E-state index contributed by atoms with van der Waals surface area (Å²) in [5.74, 6) is 0. The minimum atomic E-state index is 0. The van der Waals surface area contributed by atoms with Gasteiger partial charge in [0.1, 0.15) is 0 Å². The summed E-state index contributed by atoms with van der Waals surface area (Å²) in [5.41, 5.74) is 2.12. The van der Waals surface area contributed by atoms with Gasteiger partial charge in [0, 0.05) is 10.8 Å². The number of halogens is 4. The van der Waals surface area contributed by atoms with E-state index in [1.54, 1.807) is 0 Å². The van der Waals surface area contributed by atoms with Crippen LogP contribution in [0.2, 0.25) is 0 Å². The molecule has 0 aliphatic carbocycles. The Hall–Kier alpha value is 0.0300. The number of hydrogen-bond donors (Lipinski definition) is 0. The zero-order valence-corrected chi connectivity index (χ0v) is 16.1. The first-order valence-corrected chi connectivity index (χ1v) is 4.68. The Kier molecular flexibility index (Phi) is 10.2. The van der Waals surface area contributed by atoms with Crippen LogP contribution in [0.4, 0.5) is 0 Å². The Morgan fingerprint density at radius 2 is 0.944 bits per heavy atom. The number of aromatic nitrogens is 1. The molecule has 0 atom stereocenters. The first-order chi connectivity index (χ1) is 6.93. The zero-order valence-electron chi connectivity index (χ0n) is 9.28. The van der Waals surface area contributed by atoms with Crippen molar-refractivity contribution in [3.63, 3.8) is 0 Å². The van der Waals surface area contributed by atoms with Crippen molar-refractivity contribution in [2.24, 2.45) is 0 Å². The molecule has 0 fully saturated rings. The van der Waals surface area contributed by atoms with E-state index < -0.39 is 0 Å². The van der Waals surface area contributed by atoms with Gasteiger partial charge >= 0.3 is 0 Å². The van der Waals surface area contributed by atoms with Crippen molar-refractivity contribution in [2.75, 3.05) is 0 Å². The van der Waals surface area contributed by atoms with Crippen molar-refractivity contribution in [3.05, 3.63) is 54.6 Å². The number of pyridine rings is 1. The minimum absolute atomic E-state index is 0. The number of hydrogen-bond acceptors (Lipinski definition) is 1. The van der Waals surface area contributed by atoms with Gasteiger partial charge in [-0.15, -0.1) is 67.9 Å². The van der Waals surface area contributed by atoms with Crippen LogP contribution in [0.5, 0.6) is 0 Å². The van der Waals surface area contributed by atoms with Gasteiger partial charge in [0.05, 0.1) is 11.0 Å². The molecule has 1 nitrogen and oxygen atoms in total. The largest absolute Gasteiger partial charge is 0.248 e. The van der Waals surface area contributed by atoms with E-state index in [1.807, 2.05) is 36.4 Å². The molecule has 18 heavy (non-hydrogen) atoms. The molecule has 3 rings (SSSR count). The molecule has 0 aliphatic heterocycles. The molecular weight excluding hydrogens is 490 g/mol. The maximum absolute atomic E-state index is 4.58. The Balaban J connectivity index is 0. The average molecular weight is 503 g/mol. The Morgan fingerprint density at radius 1 is 0.556 bits per heavy atom. The van der Waals surface area contributed by atoms with E-state index in [1.165, 1.54) is 10.8 Å². The topological polar surface area (TPSA) is 12.9 Å². The molecule has 1 heterocycles. The third-order valence-corrected chi connectivity index (χ3v) is 2.43. The summed E-state index contributed by atoms with van der Waals surface area (Å²) >= 11 is 0. The second-order valence-electron chi connectivity index (χ2n) is 3.37. The third kappa shape index (κ3) is 4.02. The van der Waals surface area contributed by atoms with Crippen molar-refractivity contribution >= 4 is 89.7 Å². The van der Waals surface area contributed by atoms with Crippen LogP contribution in [0, 0.1) is 0 Å². The van der Waals surface area contributed by atoms with Crippen LogP contribution in [0.15, 0.2) is 54.6 Å². The SMILES string of the molecule is Br.Br.Br.Br.c1ccc2nc3ccccc3cc2c1. The Morgan fingerprint density at radius 3 is 1.39 bits per heavy atom. The predicted octanol–water partition coefficient (Wildman–Crippen LogP) is 5.70. The van der Waals surface area contributed by atoms with Crippen LogP contribution in [0.25, 0.3) is 21.8 Å². The van der Waals surface area contributed by atoms with Crippen molar-refractivity contribution in [1.29, 1.82) is 0 Å². The van der Waals surface area contributed by atoms with E-state index in [0.717, 1.165) is 11.0 Å².